The van der Waals surface area contributed by atoms with Crippen LogP contribution in [0.5, 0.6) is 5.75 Å². The van der Waals surface area contributed by atoms with Gasteiger partial charge in [0.05, 0.1) is 6.61 Å². The maximum absolute atomic E-state index is 13.7. The molecule has 0 atom stereocenters. The zero-order valence-corrected chi connectivity index (χ0v) is 10.4. The van der Waals surface area contributed by atoms with Crippen LogP contribution in [0.1, 0.15) is 17.3 Å². The fourth-order valence-corrected chi connectivity index (χ4v) is 1.84. The van der Waals surface area contributed by atoms with Crippen molar-refractivity contribution in [3.63, 3.8) is 0 Å². The van der Waals surface area contributed by atoms with E-state index in [9.17, 15) is 9.18 Å². The van der Waals surface area contributed by atoms with E-state index in [0.717, 1.165) is 0 Å². The predicted molar refractivity (Wildman–Crippen MR) is 70.0 cm³/mol. The summed E-state index contributed by atoms with van der Waals surface area (Å²) in [6.45, 7) is 2.11. The summed E-state index contributed by atoms with van der Waals surface area (Å²) in [6.07, 6.45) is 0. The second kappa shape index (κ2) is 5.52. The summed E-state index contributed by atoms with van der Waals surface area (Å²) in [7, 11) is 0. The molecule has 98 valence electrons. The normalized spacial score (nSPS) is 10.2. The lowest BCUT2D eigenvalue weighted by Crippen LogP contribution is -2.03. The number of carbonyl (C=O) groups is 1. The van der Waals surface area contributed by atoms with Gasteiger partial charge in [0.2, 0.25) is 0 Å². The van der Waals surface area contributed by atoms with Crippen LogP contribution in [0.25, 0.3) is 11.1 Å². The molecule has 2 aromatic rings. The number of carboxylic acid groups (broad SMARTS) is 1. The highest BCUT2D eigenvalue weighted by Gasteiger charge is 2.13. The molecule has 0 unspecified atom stereocenters. The van der Waals surface area contributed by atoms with Gasteiger partial charge >= 0.3 is 5.97 Å². The smallest absolute Gasteiger partial charge is 0.339 e. The maximum Gasteiger partial charge on any atom is 0.339 e. The molecule has 0 radical (unpaired) electrons. The molecule has 0 aliphatic carbocycles. The van der Waals surface area contributed by atoms with Crippen LogP contribution in [0.2, 0.25) is 0 Å². The Morgan fingerprint density at radius 2 is 2.00 bits per heavy atom. The fraction of sp³-hybridized carbons (Fsp3) is 0.133. The number of halogens is 1. The van der Waals surface area contributed by atoms with Gasteiger partial charge in [-0.1, -0.05) is 24.3 Å². The zero-order chi connectivity index (χ0) is 13.8. The fourth-order valence-electron chi connectivity index (χ4n) is 1.84. The highest BCUT2D eigenvalue weighted by Crippen LogP contribution is 2.29. The average Bonchev–Trinajstić information content (AvgIpc) is 2.39. The molecule has 2 aromatic carbocycles. The van der Waals surface area contributed by atoms with Gasteiger partial charge in [-0.25, -0.2) is 9.18 Å². The van der Waals surface area contributed by atoms with Crippen molar-refractivity contribution in [1.82, 2.24) is 0 Å². The average molecular weight is 260 g/mol. The number of hydrogen-bond donors (Lipinski definition) is 1. The van der Waals surface area contributed by atoms with Gasteiger partial charge in [0.1, 0.15) is 17.1 Å². The molecule has 4 heteroatoms. The van der Waals surface area contributed by atoms with E-state index in [0.29, 0.717) is 17.7 Å². The van der Waals surface area contributed by atoms with Crippen molar-refractivity contribution >= 4 is 5.97 Å². The minimum atomic E-state index is -1.07. The molecule has 0 bridgehead atoms. The van der Waals surface area contributed by atoms with Gasteiger partial charge in [-0.05, 0) is 30.7 Å². The molecule has 0 aliphatic rings. The summed E-state index contributed by atoms with van der Waals surface area (Å²) in [4.78, 5) is 11.1. The van der Waals surface area contributed by atoms with E-state index < -0.39 is 5.97 Å². The lowest BCUT2D eigenvalue weighted by atomic mass is 10.0. The molecular weight excluding hydrogens is 247 g/mol. The molecule has 0 saturated heterocycles. The first kappa shape index (κ1) is 13.1. The van der Waals surface area contributed by atoms with Crippen LogP contribution in [-0.4, -0.2) is 17.7 Å². The van der Waals surface area contributed by atoms with E-state index in [1.807, 2.05) is 0 Å². The molecule has 19 heavy (non-hydrogen) atoms. The third-order valence-corrected chi connectivity index (χ3v) is 2.70. The van der Waals surface area contributed by atoms with Gasteiger partial charge in [-0.2, -0.15) is 0 Å². The number of aromatic carboxylic acids is 1. The van der Waals surface area contributed by atoms with Crippen molar-refractivity contribution in [1.29, 1.82) is 0 Å². The van der Waals surface area contributed by atoms with Gasteiger partial charge in [-0.3, -0.25) is 0 Å². The first-order valence-electron chi connectivity index (χ1n) is 5.88. The summed E-state index contributed by atoms with van der Waals surface area (Å²) >= 11 is 0. The molecule has 2 rings (SSSR count). The van der Waals surface area contributed by atoms with E-state index in [1.165, 1.54) is 12.1 Å². The van der Waals surface area contributed by atoms with Crippen molar-refractivity contribution in [3.8, 4) is 16.9 Å². The van der Waals surface area contributed by atoms with Crippen LogP contribution in [0.3, 0.4) is 0 Å². The number of ether oxygens (including phenoxy) is 1. The van der Waals surface area contributed by atoms with Crippen LogP contribution in [-0.2, 0) is 0 Å². The lowest BCUT2D eigenvalue weighted by Gasteiger charge is -2.10. The largest absolute Gasteiger partial charge is 0.493 e. The third kappa shape index (κ3) is 2.73. The Morgan fingerprint density at radius 1 is 1.26 bits per heavy atom. The molecule has 0 saturated carbocycles. The van der Waals surface area contributed by atoms with Crippen molar-refractivity contribution in [2.45, 2.75) is 6.92 Å². The van der Waals surface area contributed by atoms with Crippen LogP contribution in [0, 0.1) is 5.82 Å². The molecule has 0 fully saturated rings. The number of benzene rings is 2. The van der Waals surface area contributed by atoms with Gasteiger partial charge < -0.3 is 9.84 Å². The van der Waals surface area contributed by atoms with Crippen LogP contribution in [0.4, 0.5) is 4.39 Å². The second-order valence-electron chi connectivity index (χ2n) is 3.93. The lowest BCUT2D eigenvalue weighted by molar-refractivity contribution is 0.0692. The molecule has 0 aromatic heterocycles. The van der Waals surface area contributed by atoms with Crippen molar-refractivity contribution in [2.24, 2.45) is 0 Å². The SMILES string of the molecule is CCOc1cc(-c2ccccc2F)ccc1C(=O)O. The molecule has 0 spiro atoms. The van der Waals surface area contributed by atoms with Crippen LogP contribution >= 0.6 is 0 Å². The van der Waals surface area contributed by atoms with E-state index in [4.69, 9.17) is 9.84 Å². The topological polar surface area (TPSA) is 46.5 Å². The molecule has 3 nitrogen and oxygen atoms in total. The van der Waals surface area contributed by atoms with E-state index in [-0.39, 0.29) is 17.1 Å². The minimum Gasteiger partial charge on any atom is -0.493 e. The predicted octanol–water partition coefficient (Wildman–Crippen LogP) is 3.59. The summed E-state index contributed by atoms with van der Waals surface area (Å²) in [5.74, 6) is -1.17. The molecular formula is C15H13FO3. The van der Waals surface area contributed by atoms with Crippen molar-refractivity contribution < 1.29 is 19.0 Å². The van der Waals surface area contributed by atoms with Crippen LogP contribution in [0.15, 0.2) is 42.5 Å². The molecule has 0 aliphatic heterocycles. The summed E-state index contributed by atoms with van der Waals surface area (Å²) in [6, 6.07) is 10.9. The summed E-state index contributed by atoms with van der Waals surface area (Å²) < 4.78 is 19.0. The monoisotopic (exact) mass is 260 g/mol. The van der Waals surface area contributed by atoms with Crippen LogP contribution < -0.4 is 4.74 Å². The Bertz CT molecular complexity index is 608. The quantitative estimate of drug-likeness (QED) is 0.913. The number of carboxylic acids is 1. The maximum atomic E-state index is 13.7. The number of hydrogen-bond acceptors (Lipinski definition) is 2. The van der Waals surface area contributed by atoms with Gasteiger partial charge in [-0.15, -0.1) is 0 Å². The Kier molecular flexibility index (Phi) is 3.80. The Hall–Kier alpha value is -2.36. The van der Waals surface area contributed by atoms with Gasteiger partial charge in [0.25, 0.3) is 0 Å². The van der Waals surface area contributed by atoms with Crippen molar-refractivity contribution in [2.75, 3.05) is 6.61 Å². The highest BCUT2D eigenvalue weighted by atomic mass is 19.1. The van der Waals surface area contributed by atoms with E-state index >= 15 is 0 Å². The second-order valence-corrected chi connectivity index (χ2v) is 3.93. The zero-order valence-electron chi connectivity index (χ0n) is 10.4. The first-order chi connectivity index (χ1) is 9.13. The van der Waals surface area contributed by atoms with E-state index in [2.05, 4.69) is 0 Å². The highest BCUT2D eigenvalue weighted by molar-refractivity contribution is 5.92. The standard InChI is InChI=1S/C15H13FO3/c1-2-19-14-9-10(7-8-12(14)15(17)18)11-5-3-4-6-13(11)16/h3-9H,2H2,1H3,(H,17,18). The van der Waals surface area contributed by atoms with Crippen molar-refractivity contribution in [3.05, 3.63) is 53.8 Å². The Balaban J connectivity index is 2.52. The Labute approximate surface area is 110 Å². The minimum absolute atomic E-state index is 0.0712. The third-order valence-electron chi connectivity index (χ3n) is 2.70. The number of rotatable bonds is 4. The summed E-state index contributed by atoms with van der Waals surface area (Å²) in [5.41, 5.74) is 1.08. The molecule has 1 N–H and O–H groups in total. The molecule has 0 amide bonds. The summed E-state index contributed by atoms with van der Waals surface area (Å²) in [5, 5.41) is 9.05. The van der Waals surface area contributed by atoms with Gasteiger partial charge in [0.15, 0.2) is 0 Å². The first-order valence-corrected chi connectivity index (χ1v) is 5.88. The molecule has 0 heterocycles. The Morgan fingerprint density at radius 3 is 2.63 bits per heavy atom. The van der Waals surface area contributed by atoms with E-state index in [1.54, 1.807) is 37.3 Å². The van der Waals surface area contributed by atoms with Gasteiger partial charge in [0, 0.05) is 5.56 Å².